The van der Waals surface area contributed by atoms with E-state index < -0.39 is 10.0 Å². The van der Waals surface area contributed by atoms with Crippen LogP contribution in [0.4, 0.5) is 0 Å². The summed E-state index contributed by atoms with van der Waals surface area (Å²) in [7, 11) is -3.42. The zero-order valence-electron chi connectivity index (χ0n) is 8.90. The summed E-state index contributed by atoms with van der Waals surface area (Å²) in [5.41, 5.74) is 6.28. The second-order valence-electron chi connectivity index (χ2n) is 3.57. The Morgan fingerprint density at radius 1 is 1.47 bits per heavy atom. The van der Waals surface area contributed by atoms with Crippen molar-refractivity contribution in [2.75, 3.05) is 6.54 Å². The Morgan fingerprint density at radius 2 is 2.13 bits per heavy atom. The largest absolute Gasteiger partial charge is 0.329 e. The highest BCUT2D eigenvalue weighted by atomic mass is 32.2. The molecule has 0 bridgehead atoms. The maximum Gasteiger partial charge on any atom is 0.240 e. The summed E-state index contributed by atoms with van der Waals surface area (Å²) >= 11 is 0. The standard InChI is InChI=1S/C10H16N2O2S/c1-8-4-3-5-10(6-8)15(13,14)12-9(2)7-11/h3-6,9,12H,7,11H2,1-2H3. The van der Waals surface area contributed by atoms with Gasteiger partial charge in [0.2, 0.25) is 10.0 Å². The van der Waals surface area contributed by atoms with Crippen LogP contribution in [0.3, 0.4) is 0 Å². The monoisotopic (exact) mass is 228 g/mol. The van der Waals surface area contributed by atoms with Crippen LogP contribution in [0.5, 0.6) is 0 Å². The normalized spacial score (nSPS) is 13.8. The number of hydrogen-bond acceptors (Lipinski definition) is 3. The molecule has 0 saturated carbocycles. The number of nitrogens with two attached hydrogens (primary N) is 1. The van der Waals surface area contributed by atoms with Crippen LogP contribution in [-0.2, 0) is 10.0 Å². The summed E-state index contributed by atoms with van der Waals surface area (Å²) in [5, 5.41) is 0. The highest BCUT2D eigenvalue weighted by Crippen LogP contribution is 2.10. The Labute approximate surface area is 90.5 Å². The van der Waals surface area contributed by atoms with Crippen molar-refractivity contribution in [1.82, 2.24) is 4.72 Å². The van der Waals surface area contributed by atoms with Gasteiger partial charge in [0.15, 0.2) is 0 Å². The average molecular weight is 228 g/mol. The summed E-state index contributed by atoms with van der Waals surface area (Å²) in [6.45, 7) is 3.86. The van der Waals surface area contributed by atoms with Gasteiger partial charge >= 0.3 is 0 Å². The van der Waals surface area contributed by atoms with E-state index in [0.717, 1.165) is 5.56 Å². The first-order valence-electron chi connectivity index (χ1n) is 4.75. The number of benzene rings is 1. The van der Waals surface area contributed by atoms with Gasteiger partial charge in [-0.05, 0) is 31.5 Å². The lowest BCUT2D eigenvalue weighted by molar-refractivity contribution is 0.562. The molecular weight excluding hydrogens is 212 g/mol. The Morgan fingerprint density at radius 3 is 2.67 bits per heavy atom. The van der Waals surface area contributed by atoms with Gasteiger partial charge in [0.1, 0.15) is 0 Å². The maximum atomic E-state index is 11.8. The third-order valence-electron chi connectivity index (χ3n) is 2.01. The van der Waals surface area contributed by atoms with Crippen LogP contribution in [0, 0.1) is 6.92 Å². The van der Waals surface area contributed by atoms with Crippen LogP contribution < -0.4 is 10.5 Å². The van der Waals surface area contributed by atoms with Crippen LogP contribution in [-0.4, -0.2) is 21.0 Å². The molecule has 0 aliphatic rings. The van der Waals surface area contributed by atoms with Gasteiger partial charge in [-0.3, -0.25) is 0 Å². The quantitative estimate of drug-likeness (QED) is 0.793. The molecule has 0 aliphatic carbocycles. The van der Waals surface area contributed by atoms with Gasteiger partial charge in [0.25, 0.3) is 0 Å². The second kappa shape index (κ2) is 4.74. The van der Waals surface area contributed by atoms with E-state index in [9.17, 15) is 8.42 Å². The van der Waals surface area contributed by atoms with E-state index >= 15 is 0 Å². The first-order chi connectivity index (χ1) is 6.95. The van der Waals surface area contributed by atoms with Crippen molar-refractivity contribution in [1.29, 1.82) is 0 Å². The number of hydrogen-bond donors (Lipinski definition) is 2. The summed E-state index contributed by atoms with van der Waals surface area (Å²) in [4.78, 5) is 0.280. The molecule has 0 heterocycles. The van der Waals surface area contributed by atoms with E-state index in [-0.39, 0.29) is 17.5 Å². The van der Waals surface area contributed by atoms with E-state index in [0.29, 0.717) is 0 Å². The topological polar surface area (TPSA) is 72.2 Å². The molecule has 5 heteroatoms. The van der Waals surface area contributed by atoms with Crippen molar-refractivity contribution < 1.29 is 8.42 Å². The Hall–Kier alpha value is -0.910. The molecule has 0 saturated heterocycles. The van der Waals surface area contributed by atoms with Gasteiger partial charge in [-0.25, -0.2) is 13.1 Å². The van der Waals surface area contributed by atoms with Crippen LogP contribution in [0.15, 0.2) is 29.2 Å². The molecule has 0 radical (unpaired) electrons. The van der Waals surface area contributed by atoms with Crippen molar-refractivity contribution >= 4 is 10.0 Å². The van der Waals surface area contributed by atoms with Crippen LogP contribution in [0.1, 0.15) is 12.5 Å². The molecule has 1 aromatic rings. The zero-order chi connectivity index (χ0) is 11.5. The minimum absolute atomic E-state index is 0.254. The third-order valence-corrected chi connectivity index (χ3v) is 3.60. The third kappa shape index (κ3) is 3.30. The smallest absolute Gasteiger partial charge is 0.240 e. The fourth-order valence-corrected chi connectivity index (χ4v) is 2.52. The molecule has 3 N–H and O–H groups in total. The molecular formula is C10H16N2O2S. The average Bonchev–Trinajstić information content (AvgIpc) is 2.17. The highest BCUT2D eigenvalue weighted by molar-refractivity contribution is 7.89. The molecule has 0 amide bonds. The van der Waals surface area contributed by atoms with E-state index in [1.165, 1.54) is 0 Å². The van der Waals surface area contributed by atoms with Crippen molar-refractivity contribution in [2.45, 2.75) is 24.8 Å². The molecule has 15 heavy (non-hydrogen) atoms. The van der Waals surface area contributed by atoms with Gasteiger partial charge in [-0.1, -0.05) is 12.1 Å². The lowest BCUT2D eigenvalue weighted by Crippen LogP contribution is -2.37. The minimum Gasteiger partial charge on any atom is -0.329 e. The van der Waals surface area contributed by atoms with Crippen LogP contribution in [0.25, 0.3) is 0 Å². The molecule has 0 aromatic heterocycles. The highest BCUT2D eigenvalue weighted by Gasteiger charge is 2.15. The summed E-state index contributed by atoms with van der Waals surface area (Å²) in [6, 6.07) is 6.52. The molecule has 0 aliphatic heterocycles. The summed E-state index contributed by atoms with van der Waals surface area (Å²) < 4.78 is 26.1. The van der Waals surface area contributed by atoms with Crippen molar-refractivity contribution in [3.8, 4) is 0 Å². The van der Waals surface area contributed by atoms with Crippen molar-refractivity contribution in [3.63, 3.8) is 0 Å². The molecule has 4 nitrogen and oxygen atoms in total. The van der Waals surface area contributed by atoms with E-state index in [1.807, 2.05) is 13.0 Å². The van der Waals surface area contributed by atoms with Gasteiger partial charge < -0.3 is 5.73 Å². The molecule has 1 aromatic carbocycles. The van der Waals surface area contributed by atoms with Gasteiger partial charge in [-0.2, -0.15) is 0 Å². The molecule has 0 spiro atoms. The SMILES string of the molecule is Cc1cccc(S(=O)(=O)NC(C)CN)c1. The summed E-state index contributed by atoms with van der Waals surface area (Å²) in [5.74, 6) is 0. The Kier molecular flexibility index (Phi) is 3.84. The number of sulfonamides is 1. The molecule has 0 fully saturated rings. The first kappa shape index (κ1) is 12.2. The predicted molar refractivity (Wildman–Crippen MR) is 60.0 cm³/mol. The zero-order valence-corrected chi connectivity index (χ0v) is 9.71. The fourth-order valence-electron chi connectivity index (χ4n) is 1.16. The number of aryl methyl sites for hydroxylation is 1. The number of nitrogens with one attached hydrogen (secondary N) is 1. The van der Waals surface area contributed by atoms with Crippen LogP contribution in [0.2, 0.25) is 0 Å². The van der Waals surface area contributed by atoms with Crippen LogP contribution >= 0.6 is 0 Å². The molecule has 1 rings (SSSR count). The van der Waals surface area contributed by atoms with Crippen molar-refractivity contribution in [2.24, 2.45) is 5.73 Å². The molecule has 84 valence electrons. The van der Waals surface area contributed by atoms with E-state index in [4.69, 9.17) is 5.73 Å². The second-order valence-corrected chi connectivity index (χ2v) is 5.29. The van der Waals surface area contributed by atoms with Crippen molar-refractivity contribution in [3.05, 3.63) is 29.8 Å². The maximum absolute atomic E-state index is 11.8. The van der Waals surface area contributed by atoms with Gasteiger partial charge in [0, 0.05) is 12.6 Å². The molecule has 1 atom stereocenters. The lowest BCUT2D eigenvalue weighted by atomic mass is 10.2. The van der Waals surface area contributed by atoms with Gasteiger partial charge in [0.05, 0.1) is 4.90 Å². The first-order valence-corrected chi connectivity index (χ1v) is 6.23. The summed E-state index contributed by atoms with van der Waals surface area (Å²) in [6.07, 6.45) is 0. The Bertz CT molecular complexity index is 429. The predicted octanol–water partition coefficient (Wildman–Crippen LogP) is 0.621. The van der Waals surface area contributed by atoms with Gasteiger partial charge in [-0.15, -0.1) is 0 Å². The Balaban J connectivity index is 2.96. The number of rotatable bonds is 4. The van der Waals surface area contributed by atoms with E-state index in [1.54, 1.807) is 25.1 Å². The van der Waals surface area contributed by atoms with E-state index in [2.05, 4.69) is 4.72 Å². The lowest BCUT2D eigenvalue weighted by Gasteiger charge is -2.12. The fraction of sp³-hybridized carbons (Fsp3) is 0.400. The minimum atomic E-state index is -3.42. The molecule has 1 unspecified atom stereocenters.